The van der Waals surface area contributed by atoms with E-state index in [4.69, 9.17) is 4.42 Å². The van der Waals surface area contributed by atoms with Crippen molar-refractivity contribution in [3.63, 3.8) is 0 Å². The van der Waals surface area contributed by atoms with Gasteiger partial charge in [0.05, 0.1) is 12.8 Å². The second kappa shape index (κ2) is 5.47. The molecule has 0 atom stereocenters. The molecular formula is C13H16N2O. The highest BCUT2D eigenvalue weighted by Gasteiger charge is 2.02. The number of furan rings is 1. The zero-order valence-corrected chi connectivity index (χ0v) is 9.47. The van der Waals surface area contributed by atoms with Crippen LogP contribution in [0, 0.1) is 0 Å². The van der Waals surface area contributed by atoms with Crippen LogP contribution in [0.2, 0.25) is 0 Å². The van der Waals surface area contributed by atoms with Gasteiger partial charge in [-0.1, -0.05) is 6.07 Å². The molecule has 0 aliphatic rings. The van der Waals surface area contributed by atoms with E-state index in [2.05, 4.69) is 23.0 Å². The molecule has 0 saturated carbocycles. The van der Waals surface area contributed by atoms with Crippen molar-refractivity contribution in [1.82, 2.24) is 9.88 Å². The maximum absolute atomic E-state index is 5.30. The van der Waals surface area contributed by atoms with Gasteiger partial charge in [-0.25, -0.2) is 0 Å². The molecule has 0 fully saturated rings. The highest BCUT2D eigenvalue weighted by molar-refractivity contribution is 5.04. The van der Waals surface area contributed by atoms with Gasteiger partial charge in [0.2, 0.25) is 0 Å². The van der Waals surface area contributed by atoms with Crippen LogP contribution in [0.5, 0.6) is 0 Å². The standard InChI is InChI=1S/C13H16N2O/c1-15(11-13-6-4-10-16-13)9-7-12-5-2-3-8-14-12/h2-6,8,10H,7,9,11H2,1H3. The molecule has 2 aromatic rings. The maximum Gasteiger partial charge on any atom is 0.117 e. The Morgan fingerprint density at radius 2 is 2.19 bits per heavy atom. The van der Waals surface area contributed by atoms with Crippen molar-refractivity contribution in [3.8, 4) is 0 Å². The van der Waals surface area contributed by atoms with Crippen molar-refractivity contribution < 1.29 is 4.42 Å². The Morgan fingerprint density at radius 3 is 2.88 bits per heavy atom. The first kappa shape index (κ1) is 10.9. The Labute approximate surface area is 95.7 Å². The van der Waals surface area contributed by atoms with Gasteiger partial charge < -0.3 is 4.42 Å². The van der Waals surface area contributed by atoms with Crippen LogP contribution in [0.3, 0.4) is 0 Å². The topological polar surface area (TPSA) is 29.3 Å². The number of aromatic nitrogens is 1. The van der Waals surface area contributed by atoms with Crippen molar-refractivity contribution in [2.75, 3.05) is 13.6 Å². The summed E-state index contributed by atoms with van der Waals surface area (Å²) in [5.74, 6) is 1.00. The molecule has 0 radical (unpaired) electrons. The zero-order valence-electron chi connectivity index (χ0n) is 9.47. The van der Waals surface area contributed by atoms with Crippen LogP contribution in [0.25, 0.3) is 0 Å². The van der Waals surface area contributed by atoms with Crippen molar-refractivity contribution >= 4 is 0 Å². The molecule has 0 unspecified atom stereocenters. The molecule has 0 aliphatic heterocycles. The lowest BCUT2D eigenvalue weighted by Crippen LogP contribution is -2.20. The van der Waals surface area contributed by atoms with Crippen LogP contribution in [0.1, 0.15) is 11.5 Å². The predicted molar refractivity (Wildman–Crippen MR) is 63.0 cm³/mol. The molecule has 0 bridgehead atoms. The highest BCUT2D eigenvalue weighted by Crippen LogP contribution is 2.04. The molecule has 16 heavy (non-hydrogen) atoms. The lowest BCUT2D eigenvalue weighted by molar-refractivity contribution is 0.297. The lowest BCUT2D eigenvalue weighted by atomic mass is 10.2. The molecule has 0 spiro atoms. The third kappa shape index (κ3) is 3.21. The Balaban J connectivity index is 1.78. The summed E-state index contributed by atoms with van der Waals surface area (Å²) >= 11 is 0. The van der Waals surface area contributed by atoms with E-state index in [-0.39, 0.29) is 0 Å². The van der Waals surface area contributed by atoms with Gasteiger partial charge in [-0.15, -0.1) is 0 Å². The SMILES string of the molecule is CN(CCc1ccccn1)Cc1ccco1. The summed E-state index contributed by atoms with van der Waals surface area (Å²) in [5, 5.41) is 0. The number of likely N-dealkylation sites (N-methyl/N-ethyl adjacent to an activating group) is 1. The smallest absolute Gasteiger partial charge is 0.117 e. The fourth-order valence-electron chi connectivity index (χ4n) is 1.60. The number of rotatable bonds is 5. The molecule has 0 saturated heterocycles. The van der Waals surface area contributed by atoms with Gasteiger partial charge in [-0.3, -0.25) is 9.88 Å². The van der Waals surface area contributed by atoms with E-state index < -0.39 is 0 Å². The van der Waals surface area contributed by atoms with E-state index in [0.29, 0.717) is 0 Å². The Morgan fingerprint density at radius 1 is 1.25 bits per heavy atom. The first-order valence-corrected chi connectivity index (χ1v) is 5.45. The molecular weight excluding hydrogens is 200 g/mol. The van der Waals surface area contributed by atoms with Crippen LogP contribution in [0.15, 0.2) is 47.2 Å². The first-order valence-electron chi connectivity index (χ1n) is 5.45. The minimum Gasteiger partial charge on any atom is -0.468 e. The fraction of sp³-hybridized carbons (Fsp3) is 0.308. The molecule has 0 amide bonds. The Kier molecular flexibility index (Phi) is 3.72. The fourth-order valence-corrected chi connectivity index (χ4v) is 1.60. The molecule has 3 heteroatoms. The number of hydrogen-bond acceptors (Lipinski definition) is 3. The lowest BCUT2D eigenvalue weighted by Gasteiger charge is -2.14. The molecule has 3 nitrogen and oxygen atoms in total. The van der Waals surface area contributed by atoms with Crippen molar-refractivity contribution in [2.45, 2.75) is 13.0 Å². The average molecular weight is 216 g/mol. The van der Waals surface area contributed by atoms with Gasteiger partial charge in [0.1, 0.15) is 5.76 Å². The molecule has 84 valence electrons. The average Bonchev–Trinajstić information content (AvgIpc) is 2.81. The van der Waals surface area contributed by atoms with Crippen molar-refractivity contribution in [1.29, 1.82) is 0 Å². The quantitative estimate of drug-likeness (QED) is 0.768. The second-order valence-corrected chi connectivity index (χ2v) is 3.89. The van der Waals surface area contributed by atoms with Crippen LogP contribution < -0.4 is 0 Å². The third-order valence-electron chi connectivity index (χ3n) is 2.48. The number of pyridine rings is 1. The molecule has 0 aliphatic carbocycles. The van der Waals surface area contributed by atoms with E-state index in [0.717, 1.165) is 31.0 Å². The van der Waals surface area contributed by atoms with Crippen LogP contribution in [-0.2, 0) is 13.0 Å². The highest BCUT2D eigenvalue weighted by atomic mass is 16.3. The van der Waals surface area contributed by atoms with Crippen molar-refractivity contribution in [2.24, 2.45) is 0 Å². The van der Waals surface area contributed by atoms with Gasteiger partial charge in [0.25, 0.3) is 0 Å². The Hall–Kier alpha value is -1.61. The summed E-state index contributed by atoms with van der Waals surface area (Å²) in [6.07, 6.45) is 4.52. The number of nitrogens with zero attached hydrogens (tertiary/aromatic N) is 2. The summed E-state index contributed by atoms with van der Waals surface area (Å²) < 4.78 is 5.30. The van der Waals surface area contributed by atoms with Crippen molar-refractivity contribution in [3.05, 3.63) is 54.2 Å². The first-order chi connectivity index (χ1) is 7.84. The van der Waals surface area contributed by atoms with E-state index in [1.807, 2.05) is 30.5 Å². The van der Waals surface area contributed by atoms with E-state index in [1.54, 1.807) is 6.26 Å². The number of hydrogen-bond donors (Lipinski definition) is 0. The minimum absolute atomic E-state index is 0.847. The Bertz CT molecular complexity index is 397. The van der Waals surface area contributed by atoms with Gasteiger partial charge in [-0.2, -0.15) is 0 Å². The van der Waals surface area contributed by atoms with Gasteiger partial charge >= 0.3 is 0 Å². The summed E-state index contributed by atoms with van der Waals surface area (Å²) in [7, 11) is 2.09. The summed E-state index contributed by atoms with van der Waals surface area (Å²) in [4.78, 5) is 6.53. The zero-order chi connectivity index (χ0) is 11.2. The summed E-state index contributed by atoms with van der Waals surface area (Å²) in [6, 6.07) is 9.94. The second-order valence-electron chi connectivity index (χ2n) is 3.89. The van der Waals surface area contributed by atoms with Crippen LogP contribution in [0.4, 0.5) is 0 Å². The normalized spacial score (nSPS) is 10.9. The van der Waals surface area contributed by atoms with E-state index in [9.17, 15) is 0 Å². The van der Waals surface area contributed by atoms with E-state index >= 15 is 0 Å². The summed E-state index contributed by atoms with van der Waals surface area (Å²) in [6.45, 7) is 1.83. The monoisotopic (exact) mass is 216 g/mol. The molecule has 2 heterocycles. The van der Waals surface area contributed by atoms with Crippen LogP contribution >= 0.6 is 0 Å². The third-order valence-corrected chi connectivity index (χ3v) is 2.48. The largest absolute Gasteiger partial charge is 0.468 e. The molecule has 2 rings (SSSR count). The van der Waals surface area contributed by atoms with Gasteiger partial charge in [0.15, 0.2) is 0 Å². The van der Waals surface area contributed by atoms with Gasteiger partial charge in [-0.05, 0) is 31.3 Å². The van der Waals surface area contributed by atoms with E-state index in [1.165, 1.54) is 0 Å². The molecule has 0 aromatic carbocycles. The maximum atomic E-state index is 5.30. The van der Waals surface area contributed by atoms with Crippen LogP contribution in [-0.4, -0.2) is 23.5 Å². The predicted octanol–water partition coefficient (Wildman–Crippen LogP) is 2.35. The minimum atomic E-state index is 0.847. The van der Waals surface area contributed by atoms with Gasteiger partial charge in [0, 0.05) is 24.9 Å². The summed E-state index contributed by atoms with van der Waals surface area (Å²) in [5.41, 5.74) is 1.13. The molecule has 0 N–H and O–H groups in total. The molecule has 2 aromatic heterocycles.